The molecule has 10 nitrogen and oxygen atoms in total. The molecule has 214 valence electrons. The lowest BCUT2D eigenvalue weighted by Crippen LogP contribution is -2.49. The Balaban J connectivity index is 1.42. The van der Waals surface area contributed by atoms with Crippen LogP contribution >= 0.6 is 0 Å². The average Bonchev–Trinajstić information content (AvgIpc) is 3.54. The second-order valence-corrected chi connectivity index (χ2v) is 13.0. The zero-order chi connectivity index (χ0) is 27.8. The van der Waals surface area contributed by atoms with E-state index in [1.165, 1.54) is 7.11 Å². The van der Waals surface area contributed by atoms with Crippen molar-refractivity contribution in [2.75, 3.05) is 33.6 Å². The fourth-order valence-electron chi connectivity index (χ4n) is 7.74. The number of hydrogen-bond donors (Lipinski definition) is 2. The average molecular weight is 546 g/mol. The predicted octanol–water partition coefficient (Wildman–Crippen LogP) is 2.59. The first-order valence-corrected chi connectivity index (χ1v) is 13.9. The predicted molar refractivity (Wildman–Crippen MR) is 137 cm³/mol. The molecule has 0 radical (unpaired) electrons. The third kappa shape index (κ3) is 4.31. The maximum Gasteiger partial charge on any atom is 0.339 e. The van der Waals surface area contributed by atoms with Gasteiger partial charge in [0.25, 0.3) is 0 Å². The SMILES string of the molecule is COC(=O)CC(O)(CCC(C)(C)O)C(=O)OC1[C@H]2c3cc4c(cc3[C@H]3CN5CCC[C@]25CC1(C)CO3)OCO4. The number of methoxy groups -OCH3 is 1. The van der Waals surface area contributed by atoms with E-state index in [9.17, 15) is 19.8 Å². The topological polar surface area (TPSA) is 124 Å². The Labute approximate surface area is 228 Å². The minimum atomic E-state index is -2.14. The van der Waals surface area contributed by atoms with Crippen LogP contribution in [0.3, 0.4) is 0 Å². The molecule has 1 spiro atoms. The van der Waals surface area contributed by atoms with E-state index in [1.807, 2.05) is 12.1 Å². The highest BCUT2D eigenvalue weighted by Crippen LogP contribution is 2.65. The van der Waals surface area contributed by atoms with Gasteiger partial charge in [0.15, 0.2) is 17.1 Å². The third-order valence-corrected chi connectivity index (χ3v) is 9.64. The van der Waals surface area contributed by atoms with Crippen LogP contribution in [0.15, 0.2) is 12.1 Å². The van der Waals surface area contributed by atoms with Gasteiger partial charge in [0.1, 0.15) is 6.10 Å². The number of rotatable bonds is 7. The first-order chi connectivity index (χ1) is 18.4. The Morgan fingerprint density at radius 1 is 1.15 bits per heavy atom. The van der Waals surface area contributed by atoms with Gasteiger partial charge in [-0.2, -0.15) is 0 Å². The molecule has 6 aliphatic rings. The molecule has 1 aromatic rings. The summed E-state index contributed by atoms with van der Waals surface area (Å²) in [5, 5.41) is 21.9. The molecule has 39 heavy (non-hydrogen) atoms. The molecular weight excluding hydrogens is 506 g/mol. The van der Waals surface area contributed by atoms with E-state index in [-0.39, 0.29) is 37.2 Å². The van der Waals surface area contributed by atoms with Gasteiger partial charge in [0.05, 0.1) is 31.8 Å². The molecule has 0 aromatic heterocycles. The maximum absolute atomic E-state index is 13.9. The molecule has 10 heteroatoms. The first kappa shape index (κ1) is 26.8. The molecule has 3 unspecified atom stereocenters. The summed E-state index contributed by atoms with van der Waals surface area (Å²) in [5.41, 5.74) is -1.98. The zero-order valence-corrected chi connectivity index (χ0v) is 23.2. The van der Waals surface area contributed by atoms with E-state index in [4.69, 9.17) is 23.7 Å². The molecule has 1 saturated carbocycles. The van der Waals surface area contributed by atoms with Gasteiger partial charge in [-0.05, 0) is 75.8 Å². The van der Waals surface area contributed by atoms with Crippen LogP contribution in [0.1, 0.15) is 82.4 Å². The van der Waals surface area contributed by atoms with E-state index < -0.39 is 41.1 Å². The fourth-order valence-corrected chi connectivity index (χ4v) is 7.74. The van der Waals surface area contributed by atoms with E-state index in [1.54, 1.807) is 13.8 Å². The lowest BCUT2D eigenvalue weighted by molar-refractivity contribution is -0.186. The first-order valence-electron chi connectivity index (χ1n) is 13.9. The normalized spacial score (nSPS) is 34.1. The van der Waals surface area contributed by atoms with Gasteiger partial charge in [0, 0.05) is 23.4 Å². The summed E-state index contributed by atoms with van der Waals surface area (Å²) < 4.78 is 29.2. The van der Waals surface area contributed by atoms with E-state index in [2.05, 4.69) is 11.8 Å². The highest BCUT2D eigenvalue weighted by Gasteiger charge is 2.68. The molecule has 3 fully saturated rings. The van der Waals surface area contributed by atoms with Crippen LogP contribution in [0.5, 0.6) is 11.5 Å². The van der Waals surface area contributed by atoms with Crippen LogP contribution in [-0.2, 0) is 23.8 Å². The number of nitrogens with zero attached hydrogens (tertiary/aromatic N) is 1. The molecule has 1 aromatic carbocycles. The number of fused-ring (bicyclic) bond motifs is 2. The number of esters is 2. The summed E-state index contributed by atoms with van der Waals surface area (Å²) in [4.78, 5) is 28.7. The van der Waals surface area contributed by atoms with Crippen LogP contribution in [0, 0.1) is 5.41 Å². The summed E-state index contributed by atoms with van der Waals surface area (Å²) in [6.45, 7) is 7.52. The molecule has 6 atom stereocenters. The monoisotopic (exact) mass is 545 g/mol. The summed E-state index contributed by atoms with van der Waals surface area (Å²) in [7, 11) is 1.21. The summed E-state index contributed by atoms with van der Waals surface area (Å²) in [6, 6.07) is 4.03. The third-order valence-electron chi connectivity index (χ3n) is 9.64. The van der Waals surface area contributed by atoms with Gasteiger partial charge in [-0.1, -0.05) is 6.92 Å². The molecule has 4 bridgehead atoms. The van der Waals surface area contributed by atoms with Crippen LogP contribution < -0.4 is 9.47 Å². The largest absolute Gasteiger partial charge is 0.469 e. The highest BCUT2D eigenvalue weighted by atomic mass is 16.7. The standard InChI is InChI=1S/C29H39NO9/c1-26(2,33)7-8-29(34,12-22(31)35-4)25(32)39-24-23-18-11-20-19(37-16-38-20)10-17(18)21-13-30-9-5-6-28(23,30)14-27(24,3)15-36-21/h10-11,21,23-24,33-34H,5-9,12-16H2,1-4H3/t21-,23-,24?,27?,28+,29?/m1/s1. The van der Waals surface area contributed by atoms with Crippen molar-refractivity contribution in [3.63, 3.8) is 0 Å². The van der Waals surface area contributed by atoms with Gasteiger partial charge < -0.3 is 33.9 Å². The van der Waals surface area contributed by atoms with Crippen LogP contribution in [0.2, 0.25) is 0 Å². The second kappa shape index (κ2) is 9.06. The van der Waals surface area contributed by atoms with Crippen LogP contribution in [0.25, 0.3) is 0 Å². The molecule has 0 amide bonds. The van der Waals surface area contributed by atoms with Gasteiger partial charge in [0.2, 0.25) is 6.79 Å². The van der Waals surface area contributed by atoms with E-state index >= 15 is 0 Å². The van der Waals surface area contributed by atoms with E-state index in [0.717, 1.165) is 43.5 Å². The molecular formula is C29H39NO9. The quantitative estimate of drug-likeness (QED) is 0.494. The van der Waals surface area contributed by atoms with Crippen molar-refractivity contribution in [1.29, 1.82) is 0 Å². The zero-order valence-electron chi connectivity index (χ0n) is 23.2. The Morgan fingerprint density at radius 3 is 2.56 bits per heavy atom. The number of carbonyl (C=O) groups excluding carboxylic acids is 2. The lowest BCUT2D eigenvalue weighted by atomic mass is 9.77. The lowest BCUT2D eigenvalue weighted by Gasteiger charge is -2.41. The Morgan fingerprint density at radius 2 is 1.87 bits per heavy atom. The molecule has 2 saturated heterocycles. The van der Waals surface area contributed by atoms with E-state index in [0.29, 0.717) is 18.1 Å². The van der Waals surface area contributed by atoms with Crippen molar-refractivity contribution in [2.45, 2.75) is 94.2 Å². The fraction of sp³-hybridized carbons (Fsp3) is 0.724. The molecule has 2 N–H and O–H groups in total. The molecule has 1 aliphatic carbocycles. The van der Waals surface area contributed by atoms with Crippen molar-refractivity contribution >= 4 is 11.9 Å². The number of ether oxygens (including phenoxy) is 5. The van der Waals surface area contributed by atoms with Crippen molar-refractivity contribution in [3.05, 3.63) is 23.3 Å². The minimum Gasteiger partial charge on any atom is -0.469 e. The second-order valence-electron chi connectivity index (χ2n) is 13.0. The number of benzene rings is 1. The minimum absolute atomic E-state index is 0.0930. The maximum atomic E-state index is 13.9. The Bertz CT molecular complexity index is 1180. The number of carbonyl (C=O) groups is 2. The van der Waals surface area contributed by atoms with Gasteiger partial charge in [-0.15, -0.1) is 0 Å². The summed E-state index contributed by atoms with van der Waals surface area (Å²) in [5.74, 6) is -0.423. The smallest absolute Gasteiger partial charge is 0.339 e. The van der Waals surface area contributed by atoms with Crippen molar-refractivity contribution < 1.29 is 43.5 Å². The molecule has 5 heterocycles. The summed E-state index contributed by atoms with van der Waals surface area (Å²) >= 11 is 0. The van der Waals surface area contributed by atoms with Gasteiger partial charge in [-0.3, -0.25) is 9.69 Å². The van der Waals surface area contributed by atoms with Gasteiger partial charge in [-0.25, -0.2) is 4.79 Å². The van der Waals surface area contributed by atoms with Crippen LogP contribution in [0.4, 0.5) is 0 Å². The Hall–Kier alpha value is -2.40. The van der Waals surface area contributed by atoms with Gasteiger partial charge >= 0.3 is 11.9 Å². The number of aliphatic hydroxyl groups is 2. The van der Waals surface area contributed by atoms with Crippen LogP contribution in [-0.4, -0.2) is 83.5 Å². The summed E-state index contributed by atoms with van der Waals surface area (Å²) in [6.07, 6.45) is 1.41. The van der Waals surface area contributed by atoms with Crippen molar-refractivity contribution in [1.82, 2.24) is 4.90 Å². The van der Waals surface area contributed by atoms with Crippen molar-refractivity contribution in [2.24, 2.45) is 5.41 Å². The van der Waals surface area contributed by atoms with Crippen molar-refractivity contribution in [3.8, 4) is 11.5 Å². The number of hydrogen-bond acceptors (Lipinski definition) is 10. The highest BCUT2D eigenvalue weighted by molar-refractivity contribution is 5.86. The molecule has 7 rings (SSSR count). The molecule has 5 aliphatic heterocycles. The Kier molecular flexibility index (Phi) is 6.22.